The van der Waals surface area contributed by atoms with Crippen molar-refractivity contribution in [3.05, 3.63) is 29.8 Å². The number of ether oxygens (including phenoxy) is 1. The first-order valence-corrected chi connectivity index (χ1v) is 8.21. The van der Waals surface area contributed by atoms with Crippen molar-refractivity contribution in [3.8, 4) is 5.75 Å². The molecule has 0 aliphatic heterocycles. The summed E-state index contributed by atoms with van der Waals surface area (Å²) in [6, 6.07) is 9.29. The highest BCUT2D eigenvalue weighted by atomic mass is 16.5. The van der Waals surface area contributed by atoms with Crippen molar-refractivity contribution < 1.29 is 4.74 Å². The van der Waals surface area contributed by atoms with Crippen LogP contribution in [0.15, 0.2) is 24.3 Å². The van der Waals surface area contributed by atoms with E-state index in [1.807, 2.05) is 12.1 Å². The molecule has 0 spiro atoms. The minimum Gasteiger partial charge on any atom is -0.496 e. The Morgan fingerprint density at radius 3 is 2.57 bits per heavy atom. The summed E-state index contributed by atoms with van der Waals surface area (Å²) in [5, 5.41) is 0. The fourth-order valence-electron chi connectivity index (χ4n) is 3.69. The SMILES string of the molecule is COc1ccccc1CC(C)N(C)C(CN)C1CCCC1. The van der Waals surface area contributed by atoms with Crippen LogP contribution in [0.4, 0.5) is 0 Å². The first kappa shape index (κ1) is 16.3. The van der Waals surface area contributed by atoms with Crippen LogP contribution in [-0.4, -0.2) is 37.7 Å². The van der Waals surface area contributed by atoms with E-state index in [-0.39, 0.29) is 0 Å². The summed E-state index contributed by atoms with van der Waals surface area (Å²) in [4.78, 5) is 2.49. The van der Waals surface area contributed by atoms with E-state index in [0.29, 0.717) is 12.1 Å². The van der Waals surface area contributed by atoms with Gasteiger partial charge in [-0.15, -0.1) is 0 Å². The van der Waals surface area contributed by atoms with Crippen molar-refractivity contribution in [2.45, 2.75) is 51.1 Å². The van der Waals surface area contributed by atoms with Crippen LogP contribution in [0, 0.1) is 5.92 Å². The van der Waals surface area contributed by atoms with E-state index in [1.54, 1.807) is 7.11 Å². The molecule has 21 heavy (non-hydrogen) atoms. The molecule has 118 valence electrons. The van der Waals surface area contributed by atoms with Crippen LogP contribution in [0.2, 0.25) is 0 Å². The van der Waals surface area contributed by atoms with Crippen molar-refractivity contribution in [1.82, 2.24) is 4.90 Å². The molecule has 2 N–H and O–H groups in total. The number of methoxy groups -OCH3 is 1. The summed E-state index contributed by atoms with van der Waals surface area (Å²) in [5.74, 6) is 1.77. The number of nitrogens with zero attached hydrogens (tertiary/aromatic N) is 1. The minimum atomic E-state index is 0.468. The Morgan fingerprint density at radius 2 is 1.95 bits per heavy atom. The average Bonchev–Trinajstić information content (AvgIpc) is 3.02. The van der Waals surface area contributed by atoms with Crippen LogP contribution in [-0.2, 0) is 6.42 Å². The molecule has 0 bridgehead atoms. The van der Waals surface area contributed by atoms with Gasteiger partial charge in [0.05, 0.1) is 7.11 Å². The molecule has 1 aliphatic rings. The molecule has 0 heterocycles. The Labute approximate surface area is 129 Å². The highest BCUT2D eigenvalue weighted by Crippen LogP contribution is 2.31. The third-order valence-electron chi connectivity index (χ3n) is 5.11. The molecule has 0 aromatic heterocycles. The Kier molecular flexibility index (Phi) is 6.07. The van der Waals surface area contributed by atoms with Crippen molar-refractivity contribution in [2.24, 2.45) is 11.7 Å². The van der Waals surface area contributed by atoms with Crippen molar-refractivity contribution in [2.75, 3.05) is 20.7 Å². The molecule has 1 aromatic carbocycles. The predicted molar refractivity (Wildman–Crippen MR) is 88.7 cm³/mol. The van der Waals surface area contributed by atoms with Crippen LogP contribution < -0.4 is 10.5 Å². The van der Waals surface area contributed by atoms with Crippen LogP contribution in [0.1, 0.15) is 38.2 Å². The first-order valence-electron chi connectivity index (χ1n) is 8.21. The Hall–Kier alpha value is -1.06. The zero-order chi connectivity index (χ0) is 15.2. The van der Waals surface area contributed by atoms with Gasteiger partial charge < -0.3 is 10.5 Å². The van der Waals surface area contributed by atoms with Crippen molar-refractivity contribution in [3.63, 3.8) is 0 Å². The van der Waals surface area contributed by atoms with E-state index in [1.165, 1.54) is 31.2 Å². The van der Waals surface area contributed by atoms with Crippen LogP contribution in [0.3, 0.4) is 0 Å². The fraction of sp³-hybridized carbons (Fsp3) is 0.667. The molecule has 2 rings (SSSR count). The number of nitrogens with two attached hydrogens (primary N) is 1. The molecule has 0 radical (unpaired) electrons. The highest BCUT2D eigenvalue weighted by molar-refractivity contribution is 5.33. The predicted octanol–water partition coefficient (Wildman–Crippen LogP) is 3.08. The lowest BCUT2D eigenvalue weighted by molar-refractivity contribution is 0.136. The van der Waals surface area contributed by atoms with Gasteiger partial charge in [-0.25, -0.2) is 0 Å². The molecule has 2 atom stereocenters. The van der Waals surface area contributed by atoms with E-state index in [4.69, 9.17) is 10.5 Å². The molecular formula is C18H30N2O. The van der Waals surface area contributed by atoms with Gasteiger partial charge in [-0.3, -0.25) is 4.90 Å². The summed E-state index contributed by atoms with van der Waals surface area (Å²) < 4.78 is 5.47. The number of hydrogen-bond acceptors (Lipinski definition) is 3. The van der Waals surface area contributed by atoms with Gasteiger partial charge in [0.25, 0.3) is 0 Å². The third-order valence-corrected chi connectivity index (χ3v) is 5.11. The van der Waals surface area contributed by atoms with Gasteiger partial charge in [0.1, 0.15) is 5.75 Å². The normalized spacial score (nSPS) is 18.9. The summed E-state index contributed by atoms with van der Waals surface area (Å²) >= 11 is 0. The number of likely N-dealkylation sites (N-methyl/N-ethyl adjacent to an activating group) is 1. The van der Waals surface area contributed by atoms with E-state index in [2.05, 4.69) is 31.0 Å². The molecule has 1 fully saturated rings. The molecule has 2 unspecified atom stereocenters. The molecular weight excluding hydrogens is 260 g/mol. The maximum absolute atomic E-state index is 6.07. The topological polar surface area (TPSA) is 38.5 Å². The largest absolute Gasteiger partial charge is 0.496 e. The lowest BCUT2D eigenvalue weighted by atomic mass is 9.94. The van der Waals surface area contributed by atoms with Gasteiger partial charge in [-0.05, 0) is 50.8 Å². The first-order chi connectivity index (χ1) is 10.2. The highest BCUT2D eigenvalue weighted by Gasteiger charge is 2.29. The quantitative estimate of drug-likeness (QED) is 0.838. The fourth-order valence-corrected chi connectivity index (χ4v) is 3.69. The molecule has 1 saturated carbocycles. The summed E-state index contributed by atoms with van der Waals surface area (Å²) in [5.41, 5.74) is 7.35. The smallest absolute Gasteiger partial charge is 0.122 e. The van der Waals surface area contributed by atoms with Gasteiger partial charge in [0.15, 0.2) is 0 Å². The average molecular weight is 290 g/mol. The lowest BCUT2D eigenvalue weighted by Gasteiger charge is -2.36. The van der Waals surface area contributed by atoms with E-state index in [0.717, 1.165) is 24.6 Å². The van der Waals surface area contributed by atoms with Crippen LogP contribution >= 0.6 is 0 Å². The Bertz CT molecular complexity index is 429. The maximum atomic E-state index is 6.07. The van der Waals surface area contributed by atoms with Gasteiger partial charge in [0.2, 0.25) is 0 Å². The van der Waals surface area contributed by atoms with Gasteiger partial charge in [-0.1, -0.05) is 31.0 Å². The number of rotatable bonds is 7. The zero-order valence-electron chi connectivity index (χ0n) is 13.7. The van der Waals surface area contributed by atoms with Crippen molar-refractivity contribution >= 4 is 0 Å². The van der Waals surface area contributed by atoms with Crippen LogP contribution in [0.5, 0.6) is 5.75 Å². The van der Waals surface area contributed by atoms with E-state index >= 15 is 0 Å². The second-order valence-electron chi connectivity index (χ2n) is 6.38. The molecule has 1 aromatic rings. The molecule has 0 amide bonds. The lowest BCUT2D eigenvalue weighted by Crippen LogP contribution is -2.47. The number of benzene rings is 1. The standard InChI is InChI=1S/C18H30N2O/c1-14(12-16-10-6-7-11-18(16)21-3)20(2)17(13-19)15-8-4-5-9-15/h6-7,10-11,14-15,17H,4-5,8-9,12-13,19H2,1-3H3. The van der Waals surface area contributed by atoms with Gasteiger partial charge in [-0.2, -0.15) is 0 Å². The number of para-hydroxylation sites is 1. The van der Waals surface area contributed by atoms with E-state index in [9.17, 15) is 0 Å². The molecule has 0 saturated heterocycles. The molecule has 3 heteroatoms. The molecule has 3 nitrogen and oxygen atoms in total. The monoisotopic (exact) mass is 290 g/mol. The van der Waals surface area contributed by atoms with Gasteiger partial charge in [0, 0.05) is 18.6 Å². The van der Waals surface area contributed by atoms with E-state index < -0.39 is 0 Å². The van der Waals surface area contributed by atoms with Gasteiger partial charge >= 0.3 is 0 Å². The summed E-state index contributed by atoms with van der Waals surface area (Å²) in [7, 11) is 3.98. The summed E-state index contributed by atoms with van der Waals surface area (Å²) in [6.07, 6.45) is 6.43. The Morgan fingerprint density at radius 1 is 1.29 bits per heavy atom. The third kappa shape index (κ3) is 3.98. The maximum Gasteiger partial charge on any atom is 0.122 e. The second-order valence-corrected chi connectivity index (χ2v) is 6.38. The minimum absolute atomic E-state index is 0.468. The molecule has 1 aliphatic carbocycles. The number of hydrogen-bond donors (Lipinski definition) is 1. The second kappa shape index (κ2) is 7.81. The summed E-state index contributed by atoms with van der Waals surface area (Å²) in [6.45, 7) is 3.06. The van der Waals surface area contributed by atoms with Crippen LogP contribution in [0.25, 0.3) is 0 Å². The van der Waals surface area contributed by atoms with Crippen molar-refractivity contribution in [1.29, 1.82) is 0 Å². The Balaban J connectivity index is 2.02. The zero-order valence-corrected chi connectivity index (χ0v) is 13.7.